The summed E-state index contributed by atoms with van der Waals surface area (Å²) in [7, 11) is 0. The molecule has 3 rings (SSSR count). The SMILES string of the molecule is C[C@H](CCCCCCC=CC(=O)O)OC1O[C@@H](C)[C@H](OC(=O)c2ccccc2)C[C@H]1OC(=O)c1ccccc1. The van der Waals surface area contributed by atoms with Crippen molar-refractivity contribution in [1.29, 1.82) is 0 Å². The van der Waals surface area contributed by atoms with Crippen LogP contribution in [0.5, 0.6) is 0 Å². The molecule has 1 aliphatic rings. The Kier molecular flexibility index (Phi) is 12.2. The molecular formula is C31H38O8. The molecule has 0 aliphatic carbocycles. The van der Waals surface area contributed by atoms with E-state index in [1.54, 1.807) is 54.6 Å². The fourth-order valence-corrected chi connectivity index (χ4v) is 4.37. The van der Waals surface area contributed by atoms with Gasteiger partial charge < -0.3 is 24.1 Å². The normalized spacial score (nSPS) is 21.8. The van der Waals surface area contributed by atoms with E-state index in [2.05, 4.69) is 0 Å². The van der Waals surface area contributed by atoms with E-state index < -0.39 is 42.5 Å². The van der Waals surface area contributed by atoms with Crippen LogP contribution in [0.3, 0.4) is 0 Å². The third-order valence-electron chi connectivity index (χ3n) is 6.53. The van der Waals surface area contributed by atoms with Gasteiger partial charge in [-0.05, 0) is 57.4 Å². The molecule has 0 aromatic heterocycles. The predicted octanol–water partition coefficient (Wildman–Crippen LogP) is 5.96. The zero-order valence-corrected chi connectivity index (χ0v) is 22.6. The van der Waals surface area contributed by atoms with Crippen LogP contribution >= 0.6 is 0 Å². The highest BCUT2D eigenvalue weighted by Gasteiger charge is 2.41. The number of carboxylic acid groups (broad SMARTS) is 1. The van der Waals surface area contributed by atoms with E-state index in [9.17, 15) is 14.4 Å². The number of allylic oxidation sites excluding steroid dienone is 1. The maximum absolute atomic E-state index is 12.9. The lowest BCUT2D eigenvalue weighted by Gasteiger charge is -2.39. The molecule has 2 aromatic rings. The van der Waals surface area contributed by atoms with Gasteiger partial charge in [-0.1, -0.05) is 61.7 Å². The van der Waals surface area contributed by atoms with Gasteiger partial charge in [0.05, 0.1) is 23.3 Å². The molecule has 8 nitrogen and oxygen atoms in total. The van der Waals surface area contributed by atoms with Gasteiger partial charge in [0.15, 0.2) is 12.4 Å². The van der Waals surface area contributed by atoms with E-state index in [1.807, 2.05) is 26.0 Å². The largest absolute Gasteiger partial charge is 0.478 e. The minimum absolute atomic E-state index is 0.143. The number of esters is 2. The molecule has 1 aliphatic heterocycles. The van der Waals surface area contributed by atoms with Crippen molar-refractivity contribution in [2.75, 3.05) is 0 Å². The number of aliphatic carboxylic acids is 1. The summed E-state index contributed by atoms with van der Waals surface area (Å²) in [5, 5.41) is 8.63. The molecule has 0 radical (unpaired) electrons. The fourth-order valence-electron chi connectivity index (χ4n) is 4.37. The monoisotopic (exact) mass is 538 g/mol. The van der Waals surface area contributed by atoms with Gasteiger partial charge in [0.25, 0.3) is 0 Å². The lowest BCUT2D eigenvalue weighted by atomic mass is 10.0. The van der Waals surface area contributed by atoms with Crippen LogP contribution in [-0.2, 0) is 23.7 Å². The lowest BCUT2D eigenvalue weighted by Crippen LogP contribution is -2.51. The first kappa shape index (κ1) is 30.1. The Morgan fingerprint density at radius 3 is 2.05 bits per heavy atom. The van der Waals surface area contributed by atoms with Gasteiger partial charge in [-0.25, -0.2) is 14.4 Å². The Bertz CT molecular complexity index is 1070. The first-order chi connectivity index (χ1) is 18.8. The van der Waals surface area contributed by atoms with Crippen LogP contribution in [0.2, 0.25) is 0 Å². The van der Waals surface area contributed by atoms with E-state index in [0.29, 0.717) is 11.1 Å². The van der Waals surface area contributed by atoms with Crippen LogP contribution in [-0.4, -0.2) is 53.7 Å². The van der Waals surface area contributed by atoms with Crippen molar-refractivity contribution in [3.8, 4) is 0 Å². The van der Waals surface area contributed by atoms with Gasteiger partial charge in [0.2, 0.25) is 0 Å². The number of rotatable bonds is 14. The molecule has 0 spiro atoms. The molecule has 0 amide bonds. The van der Waals surface area contributed by atoms with E-state index in [0.717, 1.165) is 38.5 Å². The van der Waals surface area contributed by atoms with Gasteiger partial charge in [0, 0.05) is 12.5 Å². The maximum Gasteiger partial charge on any atom is 0.338 e. The lowest BCUT2D eigenvalue weighted by molar-refractivity contribution is -0.272. The van der Waals surface area contributed by atoms with Gasteiger partial charge in [-0.2, -0.15) is 0 Å². The van der Waals surface area contributed by atoms with Crippen LogP contribution in [0.1, 0.15) is 79.5 Å². The van der Waals surface area contributed by atoms with E-state index >= 15 is 0 Å². The molecule has 1 N–H and O–H groups in total. The number of hydrogen-bond donors (Lipinski definition) is 1. The summed E-state index contributed by atoms with van der Waals surface area (Å²) >= 11 is 0. The Hall–Kier alpha value is -3.49. The van der Waals surface area contributed by atoms with E-state index in [-0.39, 0.29) is 12.5 Å². The van der Waals surface area contributed by atoms with Crippen LogP contribution in [0, 0.1) is 0 Å². The van der Waals surface area contributed by atoms with E-state index in [4.69, 9.17) is 24.1 Å². The number of carboxylic acids is 1. The van der Waals surface area contributed by atoms with Crippen molar-refractivity contribution < 1.29 is 38.4 Å². The minimum atomic E-state index is -0.923. The molecule has 1 saturated heterocycles. The standard InChI is InChI=1S/C31H38O8/c1-22(15-9-5-3-4-6-14-20-28(32)33)36-31-27(39-30(35)25-18-12-8-13-19-25)21-26(23(2)37-31)38-29(34)24-16-10-7-11-17-24/h7-8,10-14,16-20,22-23,26-27,31H,3-6,9,15,21H2,1-2H3,(H,32,33)/t22-,23+,26-,27-,31?/m1/s1. The zero-order valence-electron chi connectivity index (χ0n) is 22.6. The summed E-state index contributed by atoms with van der Waals surface area (Å²) in [4.78, 5) is 36.0. The van der Waals surface area contributed by atoms with Crippen molar-refractivity contribution >= 4 is 17.9 Å². The summed E-state index contributed by atoms with van der Waals surface area (Å²) in [6.07, 6.45) is 5.75. The molecule has 1 fully saturated rings. The van der Waals surface area contributed by atoms with Crippen molar-refractivity contribution in [3.63, 3.8) is 0 Å². The molecule has 8 heteroatoms. The van der Waals surface area contributed by atoms with Crippen LogP contribution in [0.15, 0.2) is 72.8 Å². The Labute approximate surface area is 229 Å². The maximum atomic E-state index is 12.9. The van der Waals surface area contributed by atoms with Crippen molar-refractivity contribution in [1.82, 2.24) is 0 Å². The molecule has 2 aromatic carbocycles. The Balaban J connectivity index is 1.56. The first-order valence-corrected chi connectivity index (χ1v) is 13.6. The highest BCUT2D eigenvalue weighted by Crippen LogP contribution is 2.29. The van der Waals surface area contributed by atoms with Gasteiger partial charge in [-0.15, -0.1) is 0 Å². The third-order valence-corrected chi connectivity index (χ3v) is 6.53. The molecule has 1 heterocycles. The van der Waals surface area contributed by atoms with Crippen molar-refractivity contribution in [3.05, 3.63) is 83.9 Å². The molecule has 5 atom stereocenters. The number of ether oxygens (including phenoxy) is 4. The smallest absolute Gasteiger partial charge is 0.338 e. The number of benzene rings is 2. The second-order valence-electron chi connectivity index (χ2n) is 9.74. The van der Waals surface area contributed by atoms with Crippen LogP contribution in [0.4, 0.5) is 0 Å². The number of unbranched alkanes of at least 4 members (excludes halogenated alkanes) is 4. The summed E-state index contributed by atoms with van der Waals surface area (Å²) in [5.41, 5.74) is 0.853. The molecule has 0 saturated carbocycles. The summed E-state index contributed by atoms with van der Waals surface area (Å²) in [5.74, 6) is -1.88. The summed E-state index contributed by atoms with van der Waals surface area (Å²) < 4.78 is 23.9. The fraction of sp³-hybridized carbons (Fsp3) is 0.452. The topological polar surface area (TPSA) is 108 Å². The number of hydrogen-bond acceptors (Lipinski definition) is 7. The Morgan fingerprint density at radius 2 is 1.46 bits per heavy atom. The summed E-state index contributed by atoms with van der Waals surface area (Å²) in [6.45, 7) is 3.78. The van der Waals surface area contributed by atoms with Gasteiger partial charge in [0.1, 0.15) is 6.10 Å². The predicted molar refractivity (Wildman–Crippen MR) is 145 cm³/mol. The first-order valence-electron chi connectivity index (χ1n) is 13.6. The van der Waals surface area contributed by atoms with Gasteiger partial charge in [-0.3, -0.25) is 0 Å². The number of carbonyl (C=O) groups excluding carboxylic acids is 2. The highest BCUT2D eigenvalue weighted by molar-refractivity contribution is 5.90. The highest BCUT2D eigenvalue weighted by atomic mass is 16.7. The van der Waals surface area contributed by atoms with Crippen molar-refractivity contribution in [2.45, 2.75) is 89.5 Å². The van der Waals surface area contributed by atoms with Crippen LogP contribution in [0.25, 0.3) is 0 Å². The average Bonchev–Trinajstić information content (AvgIpc) is 2.93. The average molecular weight is 539 g/mol. The second-order valence-corrected chi connectivity index (χ2v) is 9.74. The molecular weight excluding hydrogens is 500 g/mol. The molecule has 39 heavy (non-hydrogen) atoms. The minimum Gasteiger partial charge on any atom is -0.478 e. The number of carbonyl (C=O) groups is 3. The molecule has 1 unspecified atom stereocenters. The third kappa shape index (κ3) is 10.3. The van der Waals surface area contributed by atoms with Gasteiger partial charge >= 0.3 is 17.9 Å². The van der Waals surface area contributed by atoms with Crippen molar-refractivity contribution in [2.24, 2.45) is 0 Å². The van der Waals surface area contributed by atoms with E-state index in [1.165, 1.54) is 6.08 Å². The Morgan fingerprint density at radius 1 is 0.897 bits per heavy atom. The molecule has 210 valence electrons. The quantitative estimate of drug-likeness (QED) is 0.178. The van der Waals surface area contributed by atoms with Crippen LogP contribution < -0.4 is 0 Å². The second kappa shape index (κ2) is 15.8. The summed E-state index contributed by atoms with van der Waals surface area (Å²) in [6, 6.07) is 17.4. The zero-order chi connectivity index (χ0) is 28.0. The molecule has 0 bridgehead atoms.